The molecular weight excluding hydrogens is 376 g/mol. The van der Waals surface area contributed by atoms with Crippen molar-refractivity contribution in [2.45, 2.75) is 31.8 Å². The number of amides is 1. The summed E-state index contributed by atoms with van der Waals surface area (Å²) in [6.07, 6.45) is 3.88. The van der Waals surface area contributed by atoms with E-state index in [0.717, 1.165) is 36.6 Å². The molecule has 0 fully saturated rings. The van der Waals surface area contributed by atoms with Crippen LogP contribution >= 0.6 is 0 Å². The highest BCUT2D eigenvalue weighted by molar-refractivity contribution is 5.76. The van der Waals surface area contributed by atoms with Crippen LogP contribution in [-0.2, 0) is 24.2 Å². The van der Waals surface area contributed by atoms with E-state index in [-0.39, 0.29) is 11.9 Å². The number of ether oxygens (including phenoxy) is 1. The van der Waals surface area contributed by atoms with Crippen LogP contribution in [0.4, 0.5) is 0 Å². The second kappa shape index (κ2) is 9.63. The third kappa shape index (κ3) is 4.92. The van der Waals surface area contributed by atoms with Gasteiger partial charge in [0.2, 0.25) is 5.91 Å². The Morgan fingerprint density at radius 1 is 1.10 bits per heavy atom. The first-order valence-corrected chi connectivity index (χ1v) is 10.5. The SMILES string of the molecule is COc1ccc(CCC(=O)NC[C@@H](c2ccco2)N2CCc3ccccc3C2)cc1. The van der Waals surface area contributed by atoms with E-state index in [9.17, 15) is 4.79 Å². The van der Waals surface area contributed by atoms with Crippen molar-refractivity contribution in [3.63, 3.8) is 0 Å². The molecule has 0 unspecified atom stereocenters. The lowest BCUT2D eigenvalue weighted by molar-refractivity contribution is -0.121. The van der Waals surface area contributed by atoms with Crippen molar-refractivity contribution in [2.24, 2.45) is 0 Å². The van der Waals surface area contributed by atoms with Crippen molar-refractivity contribution in [1.29, 1.82) is 0 Å². The monoisotopic (exact) mass is 404 g/mol. The smallest absolute Gasteiger partial charge is 0.220 e. The van der Waals surface area contributed by atoms with E-state index in [2.05, 4.69) is 34.5 Å². The molecule has 3 aromatic rings. The molecule has 0 bridgehead atoms. The van der Waals surface area contributed by atoms with Gasteiger partial charge in [-0.2, -0.15) is 0 Å². The fourth-order valence-corrected chi connectivity index (χ4v) is 4.02. The fraction of sp³-hybridized carbons (Fsp3) is 0.320. The summed E-state index contributed by atoms with van der Waals surface area (Å²) in [6.45, 7) is 2.35. The number of nitrogens with zero attached hydrogens (tertiary/aromatic N) is 1. The molecule has 1 aliphatic heterocycles. The van der Waals surface area contributed by atoms with Gasteiger partial charge in [0.1, 0.15) is 11.5 Å². The Kier molecular flexibility index (Phi) is 6.50. The number of benzene rings is 2. The minimum Gasteiger partial charge on any atom is -0.497 e. The molecule has 5 nitrogen and oxygen atoms in total. The molecule has 1 aromatic heterocycles. The molecular formula is C25H28N2O3. The van der Waals surface area contributed by atoms with Crippen molar-refractivity contribution < 1.29 is 13.9 Å². The van der Waals surface area contributed by atoms with Crippen LogP contribution < -0.4 is 10.1 Å². The van der Waals surface area contributed by atoms with Gasteiger partial charge >= 0.3 is 0 Å². The average molecular weight is 405 g/mol. The highest BCUT2D eigenvalue weighted by Gasteiger charge is 2.26. The quantitative estimate of drug-likeness (QED) is 0.613. The minimum absolute atomic E-state index is 0.0262. The zero-order valence-electron chi connectivity index (χ0n) is 17.3. The first-order chi connectivity index (χ1) is 14.7. The van der Waals surface area contributed by atoms with E-state index in [4.69, 9.17) is 9.15 Å². The summed E-state index contributed by atoms with van der Waals surface area (Å²) >= 11 is 0. The molecule has 1 aliphatic rings. The Morgan fingerprint density at radius 3 is 2.63 bits per heavy atom. The highest BCUT2D eigenvalue weighted by Crippen LogP contribution is 2.28. The predicted octanol–water partition coefficient (Wildman–Crippen LogP) is 4.14. The normalized spacial score (nSPS) is 14.7. The summed E-state index contributed by atoms with van der Waals surface area (Å²) in [5.41, 5.74) is 3.89. The van der Waals surface area contributed by atoms with Gasteiger partial charge in [-0.1, -0.05) is 36.4 Å². The van der Waals surface area contributed by atoms with Crippen molar-refractivity contribution in [3.8, 4) is 5.75 Å². The lowest BCUT2D eigenvalue weighted by Gasteiger charge is -2.34. The molecule has 1 N–H and O–H groups in total. The van der Waals surface area contributed by atoms with Crippen LogP contribution in [0.2, 0.25) is 0 Å². The molecule has 2 heterocycles. The van der Waals surface area contributed by atoms with Crippen LogP contribution in [0.25, 0.3) is 0 Å². The molecule has 0 spiro atoms. The van der Waals surface area contributed by atoms with Gasteiger partial charge in [0.25, 0.3) is 0 Å². The molecule has 1 atom stereocenters. The summed E-state index contributed by atoms with van der Waals surface area (Å²) in [5.74, 6) is 1.78. The summed E-state index contributed by atoms with van der Waals surface area (Å²) in [5, 5.41) is 3.12. The van der Waals surface area contributed by atoms with Crippen molar-refractivity contribution in [1.82, 2.24) is 10.2 Å². The molecule has 0 saturated carbocycles. The van der Waals surface area contributed by atoms with E-state index in [1.54, 1.807) is 13.4 Å². The second-order valence-corrected chi connectivity index (χ2v) is 7.67. The first-order valence-electron chi connectivity index (χ1n) is 10.5. The van der Waals surface area contributed by atoms with Crippen LogP contribution in [0.5, 0.6) is 5.75 Å². The number of carbonyl (C=O) groups excluding carboxylic acids is 1. The van der Waals surface area contributed by atoms with Gasteiger partial charge in [-0.15, -0.1) is 0 Å². The van der Waals surface area contributed by atoms with Gasteiger partial charge in [0, 0.05) is 26.1 Å². The van der Waals surface area contributed by atoms with Crippen LogP contribution in [0.1, 0.15) is 34.9 Å². The van der Waals surface area contributed by atoms with E-state index < -0.39 is 0 Å². The maximum atomic E-state index is 12.5. The number of rotatable bonds is 8. The standard InChI is InChI=1S/C25H28N2O3/c1-29-22-11-8-19(9-12-22)10-13-25(28)26-17-23(24-7-4-16-30-24)27-15-14-20-5-2-3-6-21(20)18-27/h2-9,11-12,16,23H,10,13-15,17-18H2,1H3,(H,26,28)/t23-/m0/s1. The lowest BCUT2D eigenvalue weighted by Crippen LogP contribution is -2.40. The number of hydrogen-bond acceptors (Lipinski definition) is 4. The maximum absolute atomic E-state index is 12.5. The van der Waals surface area contributed by atoms with Crippen molar-refractivity contribution in [2.75, 3.05) is 20.2 Å². The number of methoxy groups -OCH3 is 1. The van der Waals surface area contributed by atoms with E-state index in [1.807, 2.05) is 36.4 Å². The number of furan rings is 1. The average Bonchev–Trinajstić information content (AvgIpc) is 3.32. The molecule has 30 heavy (non-hydrogen) atoms. The molecule has 0 radical (unpaired) electrons. The number of nitrogens with one attached hydrogen (secondary N) is 1. The first kappa shape index (κ1) is 20.2. The third-order valence-corrected chi connectivity index (χ3v) is 5.76. The molecule has 4 rings (SSSR count). The molecule has 0 saturated heterocycles. The largest absolute Gasteiger partial charge is 0.497 e. The summed E-state index contributed by atoms with van der Waals surface area (Å²) in [7, 11) is 1.65. The summed E-state index contributed by atoms with van der Waals surface area (Å²) in [4.78, 5) is 14.9. The number of fused-ring (bicyclic) bond motifs is 1. The van der Waals surface area contributed by atoms with Gasteiger partial charge in [0.05, 0.1) is 19.4 Å². The second-order valence-electron chi connectivity index (χ2n) is 7.67. The predicted molar refractivity (Wildman–Crippen MR) is 116 cm³/mol. The Hall–Kier alpha value is -3.05. The molecule has 5 heteroatoms. The zero-order valence-corrected chi connectivity index (χ0v) is 17.3. The fourth-order valence-electron chi connectivity index (χ4n) is 4.02. The lowest BCUT2D eigenvalue weighted by atomic mass is 9.98. The Bertz CT molecular complexity index is 951. The molecule has 2 aromatic carbocycles. The van der Waals surface area contributed by atoms with Crippen molar-refractivity contribution >= 4 is 5.91 Å². The number of carbonyl (C=O) groups is 1. The minimum atomic E-state index is 0.0262. The van der Waals surface area contributed by atoms with E-state index >= 15 is 0 Å². The van der Waals surface area contributed by atoms with Crippen LogP contribution in [0, 0.1) is 0 Å². The van der Waals surface area contributed by atoms with Gasteiger partial charge in [-0.3, -0.25) is 9.69 Å². The van der Waals surface area contributed by atoms with Gasteiger partial charge in [-0.05, 0) is 53.8 Å². The zero-order chi connectivity index (χ0) is 20.8. The van der Waals surface area contributed by atoms with Crippen molar-refractivity contribution in [3.05, 3.63) is 89.4 Å². The van der Waals surface area contributed by atoms with E-state index in [1.165, 1.54) is 11.1 Å². The van der Waals surface area contributed by atoms with Gasteiger partial charge in [-0.25, -0.2) is 0 Å². The topological polar surface area (TPSA) is 54.7 Å². The molecule has 1 amide bonds. The molecule has 156 valence electrons. The number of aryl methyl sites for hydroxylation is 1. The Morgan fingerprint density at radius 2 is 1.90 bits per heavy atom. The van der Waals surface area contributed by atoms with E-state index in [0.29, 0.717) is 19.4 Å². The number of hydrogen-bond donors (Lipinski definition) is 1. The highest BCUT2D eigenvalue weighted by atomic mass is 16.5. The Labute approximate surface area is 177 Å². The summed E-state index contributed by atoms with van der Waals surface area (Å²) < 4.78 is 10.9. The van der Waals surface area contributed by atoms with Gasteiger partial charge in [0.15, 0.2) is 0 Å². The van der Waals surface area contributed by atoms with Gasteiger partial charge < -0.3 is 14.5 Å². The van der Waals surface area contributed by atoms with Crippen LogP contribution in [0.15, 0.2) is 71.3 Å². The van der Waals surface area contributed by atoms with Crippen LogP contribution in [-0.4, -0.2) is 31.0 Å². The Balaban J connectivity index is 1.35. The maximum Gasteiger partial charge on any atom is 0.220 e. The third-order valence-electron chi connectivity index (χ3n) is 5.76. The van der Waals surface area contributed by atoms with Crippen LogP contribution in [0.3, 0.4) is 0 Å². The molecule has 0 aliphatic carbocycles. The summed E-state index contributed by atoms with van der Waals surface area (Å²) in [6, 6.07) is 20.4.